The first kappa shape index (κ1) is 22.1. The summed E-state index contributed by atoms with van der Waals surface area (Å²) in [6.45, 7) is 3.66. The number of carbonyl (C=O) groups is 1. The van der Waals surface area contributed by atoms with Gasteiger partial charge in [-0.25, -0.2) is 8.98 Å². The Morgan fingerprint density at radius 3 is 1.83 bits per heavy atom. The van der Waals surface area contributed by atoms with Crippen LogP contribution in [0.1, 0.15) is 78.1 Å². The summed E-state index contributed by atoms with van der Waals surface area (Å²) in [5.41, 5.74) is 0. The molecule has 0 fully saturated rings. The Labute approximate surface area is 140 Å². The predicted octanol–water partition coefficient (Wildman–Crippen LogP) is 4.05. The van der Waals surface area contributed by atoms with Gasteiger partial charge in [-0.3, -0.25) is 9.45 Å². The molecule has 0 aliphatic carbocycles. The molecule has 0 radical (unpaired) electrons. The minimum Gasteiger partial charge on any atom is -0.465 e. The quantitative estimate of drug-likeness (QED) is 0.277. The molecule has 0 aromatic carbocycles. The van der Waals surface area contributed by atoms with E-state index in [0.29, 0.717) is 6.42 Å². The highest BCUT2D eigenvalue weighted by atomic mass is 32.3. The van der Waals surface area contributed by atoms with Crippen LogP contribution in [0, 0.1) is 0 Å². The van der Waals surface area contributed by atoms with Gasteiger partial charge in [0.2, 0.25) is 0 Å². The molecule has 0 spiro atoms. The molecule has 138 valence electrons. The van der Waals surface area contributed by atoms with Crippen molar-refractivity contribution in [2.24, 2.45) is 0 Å². The van der Waals surface area contributed by atoms with E-state index >= 15 is 0 Å². The van der Waals surface area contributed by atoms with E-state index in [2.05, 4.69) is 11.1 Å². The average molecular weight is 353 g/mol. The molecule has 0 aromatic heterocycles. The van der Waals surface area contributed by atoms with E-state index in [-0.39, 0.29) is 6.54 Å². The Morgan fingerprint density at radius 2 is 1.43 bits per heavy atom. The van der Waals surface area contributed by atoms with Gasteiger partial charge >= 0.3 is 16.5 Å². The zero-order chi connectivity index (χ0) is 17.7. The summed E-state index contributed by atoms with van der Waals surface area (Å²) >= 11 is 0. The molecule has 0 aromatic rings. The first-order valence-corrected chi connectivity index (χ1v) is 9.79. The summed E-state index contributed by atoms with van der Waals surface area (Å²) in [5.74, 6) is 0. The fourth-order valence-electron chi connectivity index (χ4n) is 2.43. The molecule has 0 saturated heterocycles. The van der Waals surface area contributed by atoms with Crippen molar-refractivity contribution in [2.75, 3.05) is 6.54 Å². The van der Waals surface area contributed by atoms with Gasteiger partial charge in [-0.1, -0.05) is 64.7 Å². The van der Waals surface area contributed by atoms with Crippen molar-refractivity contribution in [1.82, 2.24) is 4.90 Å². The first-order chi connectivity index (χ1) is 10.8. The summed E-state index contributed by atoms with van der Waals surface area (Å²) in [5, 5.41) is 9.05. The van der Waals surface area contributed by atoms with Gasteiger partial charge in [0.15, 0.2) is 6.23 Å². The fraction of sp³-hybridized carbons (Fsp3) is 0.933. The van der Waals surface area contributed by atoms with Crippen LogP contribution in [0.4, 0.5) is 4.79 Å². The van der Waals surface area contributed by atoms with Crippen LogP contribution >= 0.6 is 0 Å². The molecule has 0 bridgehead atoms. The van der Waals surface area contributed by atoms with E-state index in [4.69, 9.17) is 9.66 Å². The van der Waals surface area contributed by atoms with Crippen molar-refractivity contribution in [2.45, 2.75) is 84.3 Å². The fourth-order valence-corrected chi connectivity index (χ4v) is 2.89. The third-order valence-electron chi connectivity index (χ3n) is 3.70. The van der Waals surface area contributed by atoms with Gasteiger partial charge in [-0.2, -0.15) is 8.42 Å². The molecule has 0 aliphatic rings. The number of amides is 1. The highest BCUT2D eigenvalue weighted by Crippen LogP contribution is 2.12. The van der Waals surface area contributed by atoms with Crippen LogP contribution in [-0.2, 0) is 14.6 Å². The van der Waals surface area contributed by atoms with Gasteiger partial charge in [0, 0.05) is 6.54 Å². The average Bonchev–Trinajstić information content (AvgIpc) is 2.42. The number of carboxylic acid groups (broad SMARTS) is 1. The smallest absolute Gasteiger partial charge is 0.409 e. The molecular weight excluding hydrogens is 322 g/mol. The molecule has 0 aliphatic heterocycles. The van der Waals surface area contributed by atoms with E-state index in [9.17, 15) is 13.2 Å². The van der Waals surface area contributed by atoms with Gasteiger partial charge in [0.1, 0.15) is 0 Å². The van der Waals surface area contributed by atoms with Gasteiger partial charge in [0.05, 0.1) is 0 Å². The lowest BCUT2D eigenvalue weighted by atomic mass is 10.1. The monoisotopic (exact) mass is 353 g/mol. The van der Waals surface area contributed by atoms with Crippen molar-refractivity contribution in [3.05, 3.63) is 0 Å². The van der Waals surface area contributed by atoms with Gasteiger partial charge in [0.25, 0.3) is 0 Å². The lowest BCUT2D eigenvalue weighted by Gasteiger charge is -2.24. The van der Waals surface area contributed by atoms with E-state index < -0.39 is 22.7 Å². The van der Waals surface area contributed by atoms with Crippen LogP contribution in [-0.4, -0.2) is 41.8 Å². The second-order valence-corrected chi connectivity index (χ2v) is 6.83. The minimum atomic E-state index is -4.66. The molecular formula is C15H31NO6S. The highest BCUT2D eigenvalue weighted by Gasteiger charge is 2.23. The second kappa shape index (κ2) is 12.5. The van der Waals surface area contributed by atoms with Crippen molar-refractivity contribution >= 4 is 16.5 Å². The lowest BCUT2D eigenvalue weighted by Crippen LogP contribution is -2.41. The van der Waals surface area contributed by atoms with Gasteiger partial charge in [-0.15, -0.1) is 0 Å². The van der Waals surface area contributed by atoms with E-state index in [1.165, 1.54) is 45.4 Å². The molecule has 1 atom stereocenters. The Balaban J connectivity index is 3.79. The molecule has 1 unspecified atom stereocenters. The topological polar surface area (TPSA) is 104 Å². The Hall–Kier alpha value is -0.860. The molecule has 23 heavy (non-hydrogen) atoms. The molecule has 0 rings (SSSR count). The van der Waals surface area contributed by atoms with Crippen molar-refractivity contribution in [1.29, 1.82) is 0 Å². The summed E-state index contributed by atoms with van der Waals surface area (Å²) in [7, 11) is -4.66. The largest absolute Gasteiger partial charge is 0.465 e. The zero-order valence-electron chi connectivity index (χ0n) is 14.2. The normalized spacial score (nSPS) is 13.0. The second-order valence-electron chi connectivity index (χ2n) is 5.78. The summed E-state index contributed by atoms with van der Waals surface area (Å²) in [4.78, 5) is 12.0. The number of rotatable bonds is 14. The van der Waals surface area contributed by atoms with E-state index in [1.807, 2.05) is 0 Å². The third kappa shape index (κ3) is 13.3. The van der Waals surface area contributed by atoms with Crippen LogP contribution in [0.15, 0.2) is 0 Å². The minimum absolute atomic E-state index is 0.183. The zero-order valence-corrected chi connectivity index (χ0v) is 15.1. The molecule has 7 nitrogen and oxygen atoms in total. The molecule has 8 heteroatoms. The van der Waals surface area contributed by atoms with Crippen molar-refractivity contribution in [3.8, 4) is 0 Å². The Bertz CT molecular complexity index is 412. The Kier molecular flexibility index (Phi) is 12.1. The van der Waals surface area contributed by atoms with Gasteiger partial charge < -0.3 is 5.11 Å². The molecule has 2 N–H and O–H groups in total. The van der Waals surface area contributed by atoms with Crippen molar-refractivity contribution < 1.29 is 27.1 Å². The van der Waals surface area contributed by atoms with Crippen LogP contribution in [0.25, 0.3) is 0 Å². The van der Waals surface area contributed by atoms with Crippen LogP contribution in [0.3, 0.4) is 0 Å². The molecule has 1 amide bonds. The third-order valence-corrected chi connectivity index (χ3v) is 4.22. The molecule has 0 heterocycles. The number of nitrogens with zero attached hydrogens (tertiary/aromatic N) is 1. The number of hydrogen-bond acceptors (Lipinski definition) is 4. The van der Waals surface area contributed by atoms with Crippen LogP contribution < -0.4 is 0 Å². The maximum Gasteiger partial charge on any atom is 0.409 e. The highest BCUT2D eigenvalue weighted by molar-refractivity contribution is 7.80. The van der Waals surface area contributed by atoms with Gasteiger partial charge in [-0.05, 0) is 13.3 Å². The predicted molar refractivity (Wildman–Crippen MR) is 88.7 cm³/mol. The standard InChI is InChI=1S/C15H31NO6S/c1-3-4-5-6-7-8-9-10-11-12-13-16(15(17)18)14(2)22-23(19,20)21/h14H,3-13H2,1-2H3,(H,17,18)(H,19,20,21). The SMILES string of the molecule is CCCCCCCCCCCCN(C(=O)O)C(C)OS(=O)(=O)O. The maximum atomic E-state index is 11.1. The van der Waals surface area contributed by atoms with Crippen LogP contribution in [0.5, 0.6) is 0 Å². The van der Waals surface area contributed by atoms with E-state index in [1.54, 1.807) is 0 Å². The summed E-state index contributed by atoms with van der Waals surface area (Å²) in [6, 6.07) is 0. The summed E-state index contributed by atoms with van der Waals surface area (Å²) < 4.78 is 34.1. The number of hydrogen-bond donors (Lipinski definition) is 2. The maximum absolute atomic E-state index is 11.1. The van der Waals surface area contributed by atoms with Crippen molar-refractivity contribution in [3.63, 3.8) is 0 Å². The van der Waals surface area contributed by atoms with Crippen LogP contribution in [0.2, 0.25) is 0 Å². The Morgan fingerprint density at radius 1 is 1.00 bits per heavy atom. The molecule has 0 saturated carbocycles. The summed E-state index contributed by atoms with van der Waals surface area (Å²) in [6.07, 6.45) is 8.78. The number of unbranched alkanes of at least 4 members (excludes halogenated alkanes) is 9. The van der Waals surface area contributed by atoms with E-state index in [0.717, 1.165) is 24.2 Å². The lowest BCUT2D eigenvalue weighted by molar-refractivity contribution is 0.0379. The first-order valence-electron chi connectivity index (χ1n) is 8.43.